The van der Waals surface area contributed by atoms with Crippen LogP contribution in [0.2, 0.25) is 0 Å². The first kappa shape index (κ1) is 13.3. The Morgan fingerprint density at radius 3 is 2.35 bits per heavy atom. The molecular formula is C12H10F3NO. The molecule has 0 aliphatic heterocycles. The molecule has 0 unspecified atom stereocenters. The lowest BCUT2D eigenvalue weighted by Crippen LogP contribution is -2.22. The van der Waals surface area contributed by atoms with Crippen LogP contribution in [0.15, 0.2) is 24.3 Å². The fraction of sp³-hybridized carbons (Fsp3) is 0.250. The number of carbonyl (C=O) groups is 1. The van der Waals surface area contributed by atoms with E-state index in [1.54, 1.807) is 7.05 Å². The van der Waals surface area contributed by atoms with Crippen LogP contribution in [0.4, 0.5) is 13.2 Å². The van der Waals surface area contributed by atoms with E-state index in [1.807, 2.05) is 0 Å². The van der Waals surface area contributed by atoms with E-state index in [0.717, 1.165) is 12.1 Å². The molecule has 1 aromatic rings. The average Bonchev–Trinajstić information content (AvgIpc) is 2.28. The van der Waals surface area contributed by atoms with Gasteiger partial charge in [0.05, 0.1) is 6.54 Å². The van der Waals surface area contributed by atoms with Crippen LogP contribution < -0.4 is 5.32 Å². The topological polar surface area (TPSA) is 29.1 Å². The first-order valence-corrected chi connectivity index (χ1v) is 4.80. The Kier molecular flexibility index (Phi) is 4.30. The summed E-state index contributed by atoms with van der Waals surface area (Å²) < 4.78 is 36.3. The highest BCUT2D eigenvalue weighted by Crippen LogP contribution is 2.21. The summed E-state index contributed by atoms with van der Waals surface area (Å²) in [5, 5.41) is 2.81. The van der Waals surface area contributed by atoms with Gasteiger partial charge in [0.25, 0.3) is 5.78 Å². The van der Waals surface area contributed by atoms with Crippen molar-refractivity contribution in [3.8, 4) is 11.8 Å². The van der Waals surface area contributed by atoms with Gasteiger partial charge in [0.1, 0.15) is 0 Å². The maximum absolute atomic E-state index is 12.1. The quantitative estimate of drug-likeness (QED) is 0.634. The summed E-state index contributed by atoms with van der Waals surface area (Å²) >= 11 is 0. The Labute approximate surface area is 96.8 Å². The molecule has 5 heteroatoms. The van der Waals surface area contributed by atoms with Crippen LogP contribution in [0, 0.1) is 11.8 Å². The van der Waals surface area contributed by atoms with Gasteiger partial charge in [0.2, 0.25) is 0 Å². The van der Waals surface area contributed by atoms with Gasteiger partial charge >= 0.3 is 6.18 Å². The summed E-state index contributed by atoms with van der Waals surface area (Å²) in [7, 11) is 1.74. The van der Waals surface area contributed by atoms with Crippen molar-refractivity contribution in [2.24, 2.45) is 0 Å². The van der Waals surface area contributed by atoms with Gasteiger partial charge in [-0.3, -0.25) is 4.79 Å². The van der Waals surface area contributed by atoms with Crippen LogP contribution in [0.3, 0.4) is 0 Å². The molecule has 0 aromatic heterocycles. The highest BCUT2D eigenvalue weighted by Gasteiger charge is 2.38. The second kappa shape index (κ2) is 5.51. The molecule has 0 fully saturated rings. The number of hydrogen-bond donors (Lipinski definition) is 1. The minimum Gasteiger partial charge on any atom is -0.309 e. The smallest absolute Gasteiger partial charge is 0.309 e. The summed E-state index contributed by atoms with van der Waals surface area (Å²) in [6.45, 7) is 0.489. The average molecular weight is 241 g/mol. The summed E-state index contributed by atoms with van der Waals surface area (Å²) in [6, 6.07) is 5.03. The zero-order valence-electron chi connectivity index (χ0n) is 9.06. The molecule has 0 aliphatic rings. The lowest BCUT2D eigenvalue weighted by atomic mass is 10.1. The van der Waals surface area contributed by atoms with Crippen LogP contribution in [-0.2, 0) is 0 Å². The maximum atomic E-state index is 12.1. The van der Waals surface area contributed by atoms with E-state index in [4.69, 9.17) is 0 Å². The number of carbonyl (C=O) groups excluding carboxylic acids is 1. The molecule has 0 saturated carbocycles. The van der Waals surface area contributed by atoms with Crippen molar-refractivity contribution in [2.75, 3.05) is 13.6 Å². The Hall–Kier alpha value is -1.80. The standard InChI is InChI=1S/C12H10F3NO/c1-16-8-2-3-9-4-6-10(7-5-9)11(17)12(13,14)15/h4-7,16H,8H2,1H3. The molecule has 1 aromatic carbocycles. The first-order valence-electron chi connectivity index (χ1n) is 4.80. The van der Waals surface area contributed by atoms with Crippen LogP contribution in [-0.4, -0.2) is 25.6 Å². The van der Waals surface area contributed by atoms with Crippen molar-refractivity contribution in [1.29, 1.82) is 0 Å². The lowest BCUT2D eigenvalue weighted by molar-refractivity contribution is -0.0885. The molecule has 1 N–H and O–H groups in total. The Morgan fingerprint density at radius 2 is 1.88 bits per heavy atom. The monoisotopic (exact) mass is 241 g/mol. The molecule has 0 amide bonds. The third-order valence-corrected chi connectivity index (χ3v) is 1.90. The largest absolute Gasteiger partial charge is 0.454 e. The van der Waals surface area contributed by atoms with Crippen LogP contribution in [0.1, 0.15) is 15.9 Å². The van der Waals surface area contributed by atoms with Crippen molar-refractivity contribution in [2.45, 2.75) is 6.18 Å². The molecule has 0 spiro atoms. The highest BCUT2D eigenvalue weighted by atomic mass is 19.4. The molecule has 0 bridgehead atoms. The van der Waals surface area contributed by atoms with Gasteiger partial charge in [-0.1, -0.05) is 11.8 Å². The molecule has 2 nitrogen and oxygen atoms in total. The summed E-state index contributed by atoms with van der Waals surface area (Å²) in [4.78, 5) is 10.9. The summed E-state index contributed by atoms with van der Waals surface area (Å²) in [6.07, 6.45) is -4.83. The van der Waals surface area contributed by atoms with E-state index in [0.29, 0.717) is 12.1 Å². The van der Waals surface area contributed by atoms with E-state index in [9.17, 15) is 18.0 Å². The number of ketones is 1. The van der Waals surface area contributed by atoms with Crippen molar-refractivity contribution in [1.82, 2.24) is 5.32 Å². The molecule has 0 radical (unpaired) electrons. The fourth-order valence-electron chi connectivity index (χ4n) is 1.10. The van der Waals surface area contributed by atoms with Crippen LogP contribution >= 0.6 is 0 Å². The number of hydrogen-bond acceptors (Lipinski definition) is 2. The predicted octanol–water partition coefficient (Wildman–Crippen LogP) is 2.00. The number of nitrogens with one attached hydrogen (secondary N) is 1. The zero-order valence-corrected chi connectivity index (χ0v) is 9.06. The molecular weight excluding hydrogens is 231 g/mol. The molecule has 17 heavy (non-hydrogen) atoms. The van der Waals surface area contributed by atoms with Gasteiger partial charge in [-0.25, -0.2) is 0 Å². The molecule has 0 aliphatic carbocycles. The predicted molar refractivity (Wildman–Crippen MR) is 57.6 cm³/mol. The fourth-order valence-corrected chi connectivity index (χ4v) is 1.10. The number of halogens is 3. The Bertz CT molecular complexity index is 451. The van der Waals surface area contributed by atoms with Gasteiger partial charge in [0.15, 0.2) is 0 Å². The molecule has 0 atom stereocenters. The molecule has 0 heterocycles. The number of Topliss-reactive ketones (excluding diaryl/α,β-unsaturated/α-hetero) is 1. The molecule has 0 saturated heterocycles. The third-order valence-electron chi connectivity index (χ3n) is 1.90. The van der Waals surface area contributed by atoms with Gasteiger partial charge < -0.3 is 5.32 Å². The molecule has 90 valence electrons. The second-order valence-electron chi connectivity index (χ2n) is 3.24. The Morgan fingerprint density at radius 1 is 1.29 bits per heavy atom. The van der Waals surface area contributed by atoms with Crippen molar-refractivity contribution < 1.29 is 18.0 Å². The first-order chi connectivity index (χ1) is 7.95. The normalized spacial score (nSPS) is 10.6. The van der Waals surface area contributed by atoms with E-state index < -0.39 is 12.0 Å². The zero-order chi connectivity index (χ0) is 12.9. The van der Waals surface area contributed by atoms with E-state index in [-0.39, 0.29) is 5.56 Å². The van der Waals surface area contributed by atoms with Gasteiger partial charge in [-0.2, -0.15) is 13.2 Å². The number of alkyl halides is 3. The van der Waals surface area contributed by atoms with Crippen LogP contribution in [0.5, 0.6) is 0 Å². The second-order valence-corrected chi connectivity index (χ2v) is 3.24. The van der Waals surface area contributed by atoms with Gasteiger partial charge in [-0.05, 0) is 31.3 Å². The minimum atomic E-state index is -4.83. The lowest BCUT2D eigenvalue weighted by Gasteiger charge is -2.04. The highest BCUT2D eigenvalue weighted by molar-refractivity contribution is 6.00. The van der Waals surface area contributed by atoms with Gasteiger partial charge in [0, 0.05) is 11.1 Å². The minimum absolute atomic E-state index is 0.378. The van der Waals surface area contributed by atoms with Gasteiger partial charge in [-0.15, -0.1) is 0 Å². The third kappa shape index (κ3) is 3.93. The van der Waals surface area contributed by atoms with Crippen LogP contribution in [0.25, 0.3) is 0 Å². The Balaban J connectivity index is 2.83. The number of rotatable bonds is 2. The summed E-state index contributed by atoms with van der Waals surface area (Å²) in [5.41, 5.74) is 0.190. The van der Waals surface area contributed by atoms with E-state index in [2.05, 4.69) is 17.2 Å². The number of benzene rings is 1. The van der Waals surface area contributed by atoms with Crippen molar-refractivity contribution in [3.63, 3.8) is 0 Å². The van der Waals surface area contributed by atoms with E-state index in [1.165, 1.54) is 12.1 Å². The summed E-state index contributed by atoms with van der Waals surface area (Å²) in [5.74, 6) is 3.67. The SMILES string of the molecule is CNCC#Cc1ccc(C(=O)C(F)(F)F)cc1. The van der Waals surface area contributed by atoms with Crippen molar-refractivity contribution in [3.05, 3.63) is 35.4 Å². The van der Waals surface area contributed by atoms with Crippen molar-refractivity contribution >= 4 is 5.78 Å². The molecule has 1 rings (SSSR count). The maximum Gasteiger partial charge on any atom is 0.454 e. The van der Waals surface area contributed by atoms with E-state index >= 15 is 0 Å².